The fourth-order valence-electron chi connectivity index (χ4n) is 1.31. The van der Waals surface area contributed by atoms with Gasteiger partial charge in [0.2, 0.25) is 0 Å². The number of methoxy groups -OCH3 is 1. The summed E-state index contributed by atoms with van der Waals surface area (Å²) in [6.45, 7) is 0. The number of carbonyl (C=O) groups is 1. The van der Waals surface area contributed by atoms with Crippen LogP contribution < -0.4 is 0 Å². The van der Waals surface area contributed by atoms with Gasteiger partial charge in [0.25, 0.3) is 0 Å². The zero-order chi connectivity index (χ0) is 13.2. The van der Waals surface area contributed by atoms with E-state index in [-0.39, 0.29) is 15.5 Å². The topological polar surface area (TPSA) is 80.7 Å². The first-order valence-electron chi connectivity index (χ1n) is 4.52. The van der Waals surface area contributed by atoms with Crippen LogP contribution in [0.2, 0.25) is 5.02 Å². The lowest BCUT2D eigenvalue weighted by Gasteiger charge is -2.13. The zero-order valence-electron chi connectivity index (χ0n) is 9.18. The van der Waals surface area contributed by atoms with Crippen molar-refractivity contribution in [2.24, 2.45) is 0 Å². The summed E-state index contributed by atoms with van der Waals surface area (Å²) in [5.74, 6) is -0.947. The third-order valence-corrected chi connectivity index (χ3v) is 3.50. The Labute approximate surface area is 104 Å². The third kappa shape index (κ3) is 3.18. The zero-order valence-corrected chi connectivity index (χ0v) is 10.7. The Balaban J connectivity index is 3.40. The number of aliphatic hydroxyl groups excluding tert-OH is 1. The first-order chi connectivity index (χ1) is 7.77. The second-order valence-corrected chi connectivity index (χ2v) is 5.80. The fraction of sp³-hybridized carbons (Fsp3) is 0.300. The number of carbonyl (C=O) groups excluding carboxylic acids is 1. The van der Waals surface area contributed by atoms with E-state index in [0.717, 1.165) is 13.4 Å². The third-order valence-electron chi connectivity index (χ3n) is 2.09. The van der Waals surface area contributed by atoms with Gasteiger partial charge in [-0.3, -0.25) is 0 Å². The summed E-state index contributed by atoms with van der Waals surface area (Å²) in [6.07, 6.45) is -0.701. The quantitative estimate of drug-likeness (QED) is 0.833. The van der Waals surface area contributed by atoms with Gasteiger partial charge in [0.15, 0.2) is 15.9 Å². The largest absolute Gasteiger partial charge is 0.467 e. The molecule has 0 heterocycles. The number of ether oxygens (including phenoxy) is 1. The summed E-state index contributed by atoms with van der Waals surface area (Å²) in [7, 11) is -2.47. The lowest BCUT2D eigenvalue weighted by atomic mass is 10.1. The number of benzene rings is 1. The number of hydrogen-bond acceptors (Lipinski definition) is 5. The maximum absolute atomic E-state index is 11.5. The number of halogens is 1. The molecule has 17 heavy (non-hydrogen) atoms. The van der Waals surface area contributed by atoms with Crippen molar-refractivity contribution in [3.8, 4) is 0 Å². The van der Waals surface area contributed by atoms with Gasteiger partial charge in [-0.2, -0.15) is 0 Å². The first-order valence-corrected chi connectivity index (χ1v) is 6.79. The van der Waals surface area contributed by atoms with Crippen molar-refractivity contribution in [2.45, 2.75) is 11.0 Å². The Hall–Kier alpha value is -1.11. The second-order valence-electron chi connectivity index (χ2n) is 3.38. The molecular weight excluding hydrogens is 268 g/mol. The van der Waals surface area contributed by atoms with Gasteiger partial charge in [-0.25, -0.2) is 13.2 Å². The fourth-order valence-corrected chi connectivity index (χ4v) is 2.40. The molecule has 0 radical (unpaired) electrons. The Morgan fingerprint density at radius 2 is 2.06 bits per heavy atom. The Bertz CT molecular complexity index is 538. The Morgan fingerprint density at radius 3 is 2.53 bits per heavy atom. The van der Waals surface area contributed by atoms with Crippen molar-refractivity contribution >= 4 is 27.4 Å². The lowest BCUT2D eigenvalue weighted by Crippen LogP contribution is -2.16. The van der Waals surface area contributed by atoms with E-state index in [2.05, 4.69) is 4.74 Å². The summed E-state index contributed by atoms with van der Waals surface area (Å²) in [4.78, 5) is 11.0. The summed E-state index contributed by atoms with van der Waals surface area (Å²) in [5, 5.41) is 9.88. The van der Waals surface area contributed by atoms with Gasteiger partial charge in [-0.1, -0.05) is 11.6 Å². The van der Waals surface area contributed by atoms with Crippen LogP contribution in [0, 0.1) is 0 Å². The molecule has 7 heteroatoms. The van der Waals surface area contributed by atoms with Crippen molar-refractivity contribution in [3.05, 3.63) is 28.8 Å². The van der Waals surface area contributed by atoms with E-state index in [1.807, 2.05) is 0 Å². The predicted octanol–water partition coefficient (Wildman–Crippen LogP) is 0.950. The molecule has 0 aliphatic carbocycles. The molecule has 0 saturated carbocycles. The van der Waals surface area contributed by atoms with Crippen LogP contribution in [0.5, 0.6) is 0 Å². The van der Waals surface area contributed by atoms with Crippen molar-refractivity contribution in [2.75, 3.05) is 13.4 Å². The van der Waals surface area contributed by atoms with Crippen molar-refractivity contribution < 1.29 is 23.1 Å². The highest BCUT2D eigenvalue weighted by atomic mass is 35.5. The van der Waals surface area contributed by atoms with Crippen molar-refractivity contribution in [3.63, 3.8) is 0 Å². The number of esters is 1. The SMILES string of the molecule is COC(=O)C(O)c1cc(Cl)ccc1S(C)(=O)=O. The van der Waals surface area contributed by atoms with E-state index in [9.17, 15) is 18.3 Å². The van der Waals surface area contributed by atoms with Crippen LogP contribution in [0.4, 0.5) is 0 Å². The van der Waals surface area contributed by atoms with Crippen LogP contribution in [0.3, 0.4) is 0 Å². The van der Waals surface area contributed by atoms with E-state index < -0.39 is 21.9 Å². The molecule has 1 aromatic rings. The average molecular weight is 279 g/mol. The summed E-state index contributed by atoms with van der Waals surface area (Å²) < 4.78 is 27.3. The lowest BCUT2D eigenvalue weighted by molar-refractivity contribution is -0.150. The molecule has 0 spiro atoms. The molecule has 1 aromatic carbocycles. The molecule has 0 fully saturated rings. The van der Waals surface area contributed by atoms with Gasteiger partial charge in [0.1, 0.15) is 0 Å². The first kappa shape index (κ1) is 14.0. The highest BCUT2D eigenvalue weighted by molar-refractivity contribution is 7.90. The molecule has 1 unspecified atom stereocenters. The molecule has 0 aliphatic rings. The minimum Gasteiger partial charge on any atom is -0.467 e. The second kappa shape index (κ2) is 5.03. The van der Waals surface area contributed by atoms with Crippen molar-refractivity contribution in [1.82, 2.24) is 0 Å². The number of rotatable bonds is 3. The number of sulfone groups is 1. The van der Waals surface area contributed by atoms with Gasteiger partial charge >= 0.3 is 5.97 Å². The van der Waals surface area contributed by atoms with E-state index in [0.29, 0.717) is 0 Å². The van der Waals surface area contributed by atoms with E-state index in [4.69, 9.17) is 11.6 Å². The molecule has 94 valence electrons. The van der Waals surface area contributed by atoms with Crippen LogP contribution in [-0.4, -0.2) is 32.9 Å². The van der Waals surface area contributed by atoms with Gasteiger partial charge in [0.05, 0.1) is 12.0 Å². The van der Waals surface area contributed by atoms with Crippen LogP contribution in [0.1, 0.15) is 11.7 Å². The Morgan fingerprint density at radius 1 is 1.47 bits per heavy atom. The molecule has 1 N–H and O–H groups in total. The molecule has 0 aliphatic heterocycles. The molecule has 0 bridgehead atoms. The average Bonchev–Trinajstić information content (AvgIpc) is 2.25. The van der Waals surface area contributed by atoms with Crippen LogP contribution in [0.25, 0.3) is 0 Å². The highest BCUT2D eigenvalue weighted by Crippen LogP contribution is 2.26. The van der Waals surface area contributed by atoms with Gasteiger partial charge in [-0.05, 0) is 18.2 Å². The predicted molar refractivity (Wildman–Crippen MR) is 61.5 cm³/mol. The van der Waals surface area contributed by atoms with E-state index >= 15 is 0 Å². The molecular formula is C10H11ClO5S. The monoisotopic (exact) mass is 278 g/mol. The van der Waals surface area contributed by atoms with Gasteiger partial charge in [0, 0.05) is 16.8 Å². The van der Waals surface area contributed by atoms with Crippen LogP contribution in [-0.2, 0) is 19.4 Å². The standard InChI is InChI=1S/C10H11ClO5S/c1-16-10(13)9(12)7-5-6(11)3-4-8(7)17(2,14)15/h3-5,9,12H,1-2H3. The maximum atomic E-state index is 11.5. The summed E-state index contributed by atoms with van der Waals surface area (Å²) >= 11 is 5.70. The molecule has 0 aromatic heterocycles. The van der Waals surface area contributed by atoms with E-state index in [1.54, 1.807) is 0 Å². The van der Waals surface area contributed by atoms with Gasteiger partial charge < -0.3 is 9.84 Å². The van der Waals surface area contributed by atoms with Crippen LogP contribution in [0.15, 0.2) is 23.1 Å². The molecule has 1 atom stereocenters. The highest BCUT2D eigenvalue weighted by Gasteiger charge is 2.25. The minimum absolute atomic E-state index is 0.0909. The summed E-state index contributed by atoms with van der Waals surface area (Å²) in [6, 6.07) is 3.82. The van der Waals surface area contributed by atoms with Crippen LogP contribution >= 0.6 is 11.6 Å². The van der Waals surface area contributed by atoms with Gasteiger partial charge in [-0.15, -0.1) is 0 Å². The molecule has 5 nitrogen and oxygen atoms in total. The number of aliphatic hydroxyl groups is 1. The minimum atomic E-state index is -3.56. The molecule has 0 saturated heterocycles. The molecule has 1 rings (SSSR count). The summed E-state index contributed by atoms with van der Waals surface area (Å²) in [5.41, 5.74) is -0.0909. The van der Waals surface area contributed by atoms with Crippen molar-refractivity contribution in [1.29, 1.82) is 0 Å². The smallest absolute Gasteiger partial charge is 0.339 e. The number of hydrogen-bond donors (Lipinski definition) is 1. The normalized spacial score (nSPS) is 13.2. The molecule has 0 amide bonds. The van der Waals surface area contributed by atoms with E-state index in [1.165, 1.54) is 18.2 Å². The Kier molecular flexibility index (Phi) is 4.13. The maximum Gasteiger partial charge on any atom is 0.339 e.